The molecule has 0 amide bonds. The van der Waals surface area contributed by atoms with Crippen molar-refractivity contribution in [1.82, 2.24) is 0 Å². The topological polar surface area (TPSA) is 76.0 Å². The number of phosphoric acid groups is 1. The second kappa shape index (κ2) is 29.1. The molecule has 0 rings (SSSR count). The lowest BCUT2D eigenvalue weighted by Crippen LogP contribution is -1.99. The van der Waals surface area contributed by atoms with Gasteiger partial charge in [-0.15, -0.1) is 0 Å². The lowest BCUT2D eigenvalue weighted by Gasteiger charge is -2.12. The normalized spacial score (nSPS) is 11.4. The molecule has 0 heterocycles. The minimum atomic E-state index is -3.85. The Morgan fingerprint density at radius 2 is 0.719 bits per heavy atom. The van der Waals surface area contributed by atoms with Crippen molar-refractivity contribution in [3.05, 3.63) is 0 Å². The zero-order valence-corrected chi connectivity index (χ0v) is 22.7. The Morgan fingerprint density at radius 1 is 0.500 bits per heavy atom. The molecule has 0 radical (unpaired) electrons. The van der Waals surface area contributed by atoms with Crippen LogP contribution in [0.25, 0.3) is 0 Å². The molecule has 0 bridgehead atoms. The highest BCUT2D eigenvalue weighted by Crippen LogP contribution is 2.43. The van der Waals surface area contributed by atoms with Gasteiger partial charge >= 0.3 is 7.82 Å². The van der Waals surface area contributed by atoms with Crippen LogP contribution >= 0.6 is 7.82 Å². The summed E-state index contributed by atoms with van der Waals surface area (Å²) in [6.07, 6.45) is 24.8. The first kappa shape index (κ1) is 34.2. The van der Waals surface area contributed by atoms with E-state index in [0.717, 1.165) is 25.7 Å². The zero-order valence-electron chi connectivity index (χ0n) is 21.8. The summed E-state index contributed by atoms with van der Waals surface area (Å²) in [4.78, 5) is 9.71. The van der Waals surface area contributed by atoms with Crippen LogP contribution in [-0.2, 0) is 13.6 Å². The first-order valence-corrected chi connectivity index (χ1v) is 15.3. The van der Waals surface area contributed by atoms with E-state index in [9.17, 15) is 9.46 Å². The van der Waals surface area contributed by atoms with Crippen LogP contribution in [0.2, 0.25) is 0 Å². The van der Waals surface area contributed by atoms with E-state index in [4.69, 9.17) is 14.2 Å². The maximum absolute atomic E-state index is 11.8. The maximum atomic E-state index is 11.8. The van der Waals surface area contributed by atoms with E-state index in [2.05, 4.69) is 13.8 Å². The van der Waals surface area contributed by atoms with Gasteiger partial charge in [-0.05, 0) is 19.8 Å². The first-order chi connectivity index (χ1) is 15.5. The first-order valence-electron chi connectivity index (χ1n) is 13.8. The van der Waals surface area contributed by atoms with E-state index in [1.54, 1.807) is 6.92 Å². The summed E-state index contributed by atoms with van der Waals surface area (Å²) in [6, 6.07) is 0. The molecule has 0 aromatic carbocycles. The minimum absolute atomic E-state index is 0.250. The average molecular weight is 481 g/mol. The number of unbranched alkanes of at least 4 members (excludes halogenated alkanes) is 18. The van der Waals surface area contributed by atoms with Crippen LogP contribution in [0.3, 0.4) is 0 Å². The van der Waals surface area contributed by atoms with Crippen molar-refractivity contribution in [3.8, 4) is 0 Å². The van der Waals surface area contributed by atoms with E-state index in [0.29, 0.717) is 13.2 Å². The van der Waals surface area contributed by atoms with Crippen molar-refractivity contribution in [2.75, 3.05) is 19.8 Å². The lowest BCUT2D eigenvalue weighted by atomic mass is 10.1. The van der Waals surface area contributed by atoms with Gasteiger partial charge in [0.15, 0.2) is 0 Å². The molecule has 0 aromatic rings. The number of aliphatic hydroxyl groups excluding tert-OH is 1. The van der Waals surface area contributed by atoms with Crippen LogP contribution < -0.4 is 0 Å². The summed E-state index contributed by atoms with van der Waals surface area (Å²) < 4.78 is 22.0. The van der Waals surface area contributed by atoms with Gasteiger partial charge in [0, 0.05) is 6.61 Å². The largest absolute Gasteiger partial charge is 0.472 e. The van der Waals surface area contributed by atoms with Crippen molar-refractivity contribution in [3.63, 3.8) is 0 Å². The van der Waals surface area contributed by atoms with E-state index in [1.807, 2.05) is 0 Å². The molecule has 0 fully saturated rings. The van der Waals surface area contributed by atoms with Crippen molar-refractivity contribution in [2.24, 2.45) is 0 Å². The molecule has 0 aliphatic rings. The Bertz CT molecular complexity index is 349. The van der Waals surface area contributed by atoms with Gasteiger partial charge < -0.3 is 10.00 Å². The van der Waals surface area contributed by atoms with Crippen molar-refractivity contribution in [2.45, 2.75) is 149 Å². The molecule has 0 unspecified atom stereocenters. The molecule has 2 N–H and O–H groups in total. The van der Waals surface area contributed by atoms with Gasteiger partial charge in [-0.2, -0.15) is 0 Å². The van der Waals surface area contributed by atoms with Crippen LogP contribution in [0.4, 0.5) is 0 Å². The molecule has 0 aliphatic carbocycles. The Hall–Kier alpha value is 0.0700. The molecule has 0 atom stereocenters. The standard InChI is InChI=1S/C24H51O4P.C2H6O/c1-3-5-7-9-11-13-15-17-19-21-23-27-29(25,26)28-24-22-20-18-16-14-12-10-8-6-4-2;1-2-3/h3-24H2,1-2H3,(H,25,26);3H,2H2,1H3. The van der Waals surface area contributed by atoms with Crippen LogP contribution in [0, 0.1) is 0 Å². The summed E-state index contributed by atoms with van der Waals surface area (Å²) in [5, 5.41) is 7.57. The van der Waals surface area contributed by atoms with Gasteiger partial charge in [-0.1, -0.05) is 129 Å². The summed E-state index contributed by atoms with van der Waals surface area (Å²) in [5.41, 5.74) is 0. The molecule has 0 aliphatic heterocycles. The highest BCUT2D eigenvalue weighted by molar-refractivity contribution is 7.47. The highest BCUT2D eigenvalue weighted by atomic mass is 31.2. The third kappa shape index (κ3) is 32.3. The fourth-order valence-corrected chi connectivity index (χ4v) is 4.37. The van der Waals surface area contributed by atoms with Gasteiger partial charge in [0.2, 0.25) is 0 Å². The predicted octanol–water partition coefficient (Wildman–Crippen LogP) is 8.96. The molecule has 196 valence electrons. The van der Waals surface area contributed by atoms with E-state index < -0.39 is 7.82 Å². The Balaban J connectivity index is 0. The van der Waals surface area contributed by atoms with Crippen molar-refractivity contribution in [1.29, 1.82) is 0 Å². The van der Waals surface area contributed by atoms with Crippen LogP contribution in [0.15, 0.2) is 0 Å². The van der Waals surface area contributed by atoms with Gasteiger partial charge in [-0.25, -0.2) is 4.57 Å². The molecule has 5 nitrogen and oxygen atoms in total. The predicted molar refractivity (Wildman–Crippen MR) is 138 cm³/mol. The van der Waals surface area contributed by atoms with E-state index in [-0.39, 0.29) is 6.61 Å². The molecule has 6 heteroatoms. The van der Waals surface area contributed by atoms with Gasteiger partial charge in [0.25, 0.3) is 0 Å². The summed E-state index contributed by atoms with van der Waals surface area (Å²) in [6.45, 7) is 7.07. The van der Waals surface area contributed by atoms with E-state index in [1.165, 1.54) is 103 Å². The Labute approximate surface area is 200 Å². The number of phosphoric ester groups is 1. The molecular weight excluding hydrogens is 423 g/mol. The molecule has 0 saturated heterocycles. The quantitative estimate of drug-likeness (QED) is 0.106. The van der Waals surface area contributed by atoms with Crippen LogP contribution in [0.5, 0.6) is 0 Å². The van der Waals surface area contributed by atoms with Gasteiger partial charge in [-0.3, -0.25) is 9.05 Å². The number of rotatable bonds is 24. The van der Waals surface area contributed by atoms with Crippen molar-refractivity contribution >= 4 is 7.82 Å². The Kier molecular flexibility index (Phi) is 31.1. The third-order valence-corrected chi connectivity index (χ3v) is 6.52. The summed E-state index contributed by atoms with van der Waals surface area (Å²) in [5.74, 6) is 0. The molecule has 32 heavy (non-hydrogen) atoms. The summed E-state index contributed by atoms with van der Waals surface area (Å²) in [7, 11) is -3.85. The number of hydrogen-bond acceptors (Lipinski definition) is 4. The molecular formula is C26H57O5P. The SMILES string of the molecule is CCCCCCCCCCCCOP(=O)(O)OCCCCCCCCCCCC.CCO. The van der Waals surface area contributed by atoms with Gasteiger partial charge in [0.05, 0.1) is 13.2 Å². The maximum Gasteiger partial charge on any atom is 0.472 e. The molecule has 0 aromatic heterocycles. The Morgan fingerprint density at radius 3 is 0.969 bits per heavy atom. The molecule has 0 saturated carbocycles. The number of hydrogen-bond donors (Lipinski definition) is 2. The third-order valence-electron chi connectivity index (χ3n) is 5.50. The van der Waals surface area contributed by atoms with Crippen molar-refractivity contribution < 1.29 is 23.6 Å². The zero-order chi connectivity index (χ0) is 24.2. The smallest absolute Gasteiger partial charge is 0.397 e. The minimum Gasteiger partial charge on any atom is -0.397 e. The lowest BCUT2D eigenvalue weighted by molar-refractivity contribution is 0.145. The molecule has 0 spiro atoms. The van der Waals surface area contributed by atoms with Crippen LogP contribution in [0.1, 0.15) is 149 Å². The number of aliphatic hydroxyl groups is 1. The fraction of sp³-hybridized carbons (Fsp3) is 1.00. The monoisotopic (exact) mass is 480 g/mol. The highest BCUT2D eigenvalue weighted by Gasteiger charge is 2.19. The van der Waals surface area contributed by atoms with Crippen LogP contribution in [-0.4, -0.2) is 29.8 Å². The van der Waals surface area contributed by atoms with Gasteiger partial charge in [0.1, 0.15) is 0 Å². The average Bonchev–Trinajstić information content (AvgIpc) is 2.76. The summed E-state index contributed by atoms with van der Waals surface area (Å²) >= 11 is 0. The second-order valence-corrected chi connectivity index (χ2v) is 10.3. The second-order valence-electron chi connectivity index (χ2n) is 8.82. The van der Waals surface area contributed by atoms with E-state index >= 15 is 0 Å². The fourth-order valence-electron chi connectivity index (χ4n) is 3.58.